The van der Waals surface area contributed by atoms with Crippen molar-refractivity contribution in [3.8, 4) is 0 Å². The second-order valence-corrected chi connectivity index (χ2v) is 3.83. The second-order valence-electron chi connectivity index (χ2n) is 3.83. The normalized spacial score (nSPS) is 11.3. The molecule has 0 aromatic heterocycles. The molecule has 3 heteroatoms. The van der Waals surface area contributed by atoms with Crippen LogP contribution in [-0.2, 0) is 4.79 Å². The highest BCUT2D eigenvalue weighted by atomic mass is 16.1. The van der Waals surface area contributed by atoms with Gasteiger partial charge in [-0.1, -0.05) is 6.58 Å². The molecule has 0 atom stereocenters. The summed E-state index contributed by atoms with van der Waals surface area (Å²) in [5, 5.41) is 0. The average molecular weight is 184 g/mol. The number of allylic oxidation sites excluding steroid dienone is 1. The lowest BCUT2D eigenvalue weighted by atomic mass is 10.0. The summed E-state index contributed by atoms with van der Waals surface area (Å²) in [7, 11) is 7.89. The molecule has 0 amide bonds. The van der Waals surface area contributed by atoms with Crippen LogP contribution in [0.5, 0.6) is 0 Å². The van der Waals surface area contributed by atoms with Crippen molar-refractivity contribution in [1.29, 1.82) is 0 Å². The highest BCUT2D eigenvalue weighted by Gasteiger charge is 2.16. The summed E-state index contributed by atoms with van der Waals surface area (Å²) in [5.74, 6) is 0.171. The fourth-order valence-corrected chi connectivity index (χ4v) is 1.29. The predicted octanol–water partition coefficient (Wildman–Crippen LogP) is 0.481. The van der Waals surface area contributed by atoms with Crippen molar-refractivity contribution in [1.82, 2.24) is 9.80 Å². The van der Waals surface area contributed by atoms with Gasteiger partial charge in [-0.3, -0.25) is 4.79 Å². The minimum Gasteiger partial charge on any atom is -0.309 e. The van der Waals surface area contributed by atoms with E-state index in [4.69, 9.17) is 0 Å². The molecule has 0 aliphatic rings. The van der Waals surface area contributed by atoms with E-state index in [9.17, 15) is 4.79 Å². The van der Waals surface area contributed by atoms with E-state index in [1.807, 2.05) is 38.0 Å². The van der Waals surface area contributed by atoms with Crippen molar-refractivity contribution < 1.29 is 4.79 Å². The van der Waals surface area contributed by atoms with Gasteiger partial charge in [0.2, 0.25) is 0 Å². The van der Waals surface area contributed by atoms with Gasteiger partial charge in [-0.05, 0) is 34.3 Å². The molecular formula is C10H20N2O. The number of carbonyl (C=O) groups is 1. The van der Waals surface area contributed by atoms with Crippen molar-refractivity contribution in [2.75, 3.05) is 41.3 Å². The highest BCUT2D eigenvalue weighted by Crippen LogP contribution is 2.02. The number of rotatable bonds is 6. The lowest BCUT2D eigenvalue weighted by molar-refractivity contribution is -0.119. The Kier molecular flexibility index (Phi) is 5.58. The van der Waals surface area contributed by atoms with E-state index in [1.54, 1.807) is 0 Å². The molecule has 0 spiro atoms. The molecule has 0 radical (unpaired) electrons. The van der Waals surface area contributed by atoms with E-state index in [2.05, 4.69) is 6.58 Å². The van der Waals surface area contributed by atoms with Crippen molar-refractivity contribution in [2.24, 2.45) is 5.92 Å². The Morgan fingerprint density at radius 2 is 1.62 bits per heavy atom. The zero-order valence-electron chi connectivity index (χ0n) is 9.08. The maximum atomic E-state index is 11.4. The fraction of sp³-hybridized carbons (Fsp3) is 0.700. The van der Waals surface area contributed by atoms with Crippen molar-refractivity contribution in [2.45, 2.75) is 0 Å². The van der Waals surface area contributed by atoms with Gasteiger partial charge in [-0.25, -0.2) is 0 Å². The van der Waals surface area contributed by atoms with Crippen molar-refractivity contribution >= 4 is 5.78 Å². The Morgan fingerprint density at radius 3 is 1.85 bits per heavy atom. The topological polar surface area (TPSA) is 23.6 Å². The Bertz CT molecular complexity index is 166. The standard InChI is InChI=1S/C10H20N2O/c1-6-10(13)9(7-11(2)3)8-12(4)5/h6,9H,1,7-8H2,2-5H3. The number of carbonyl (C=O) groups excluding carboxylic acids is 1. The fourth-order valence-electron chi connectivity index (χ4n) is 1.29. The lowest BCUT2D eigenvalue weighted by Crippen LogP contribution is -2.34. The molecule has 76 valence electrons. The van der Waals surface area contributed by atoms with Gasteiger partial charge in [0.1, 0.15) is 0 Å². The van der Waals surface area contributed by atoms with Crippen LogP contribution in [0.4, 0.5) is 0 Å². The zero-order chi connectivity index (χ0) is 10.4. The minimum absolute atomic E-state index is 0.0440. The van der Waals surface area contributed by atoms with Gasteiger partial charge in [-0.15, -0.1) is 0 Å². The molecule has 0 saturated carbocycles. The molecule has 0 aliphatic heterocycles. The monoisotopic (exact) mass is 184 g/mol. The number of hydrogen-bond acceptors (Lipinski definition) is 3. The molecule has 0 saturated heterocycles. The summed E-state index contributed by atoms with van der Waals surface area (Å²) in [6, 6.07) is 0. The minimum atomic E-state index is 0.0440. The van der Waals surface area contributed by atoms with E-state index < -0.39 is 0 Å². The second kappa shape index (κ2) is 5.89. The molecule has 0 heterocycles. The van der Waals surface area contributed by atoms with E-state index in [1.165, 1.54) is 6.08 Å². The summed E-state index contributed by atoms with van der Waals surface area (Å²) >= 11 is 0. The third-order valence-corrected chi connectivity index (χ3v) is 1.77. The summed E-state index contributed by atoms with van der Waals surface area (Å²) < 4.78 is 0. The summed E-state index contributed by atoms with van der Waals surface area (Å²) in [4.78, 5) is 15.5. The van der Waals surface area contributed by atoms with Crippen LogP contribution in [0.2, 0.25) is 0 Å². The lowest BCUT2D eigenvalue weighted by Gasteiger charge is -2.21. The summed E-state index contributed by atoms with van der Waals surface area (Å²) in [5.41, 5.74) is 0. The van der Waals surface area contributed by atoms with Gasteiger partial charge in [0.25, 0.3) is 0 Å². The SMILES string of the molecule is C=CC(=O)C(CN(C)C)CN(C)C. The van der Waals surface area contributed by atoms with Crippen LogP contribution >= 0.6 is 0 Å². The zero-order valence-corrected chi connectivity index (χ0v) is 9.08. The molecule has 0 aliphatic carbocycles. The maximum absolute atomic E-state index is 11.4. The Labute approximate surface area is 81.0 Å². The van der Waals surface area contributed by atoms with E-state index >= 15 is 0 Å². The molecule has 0 aromatic rings. The highest BCUT2D eigenvalue weighted by molar-refractivity contribution is 5.91. The van der Waals surface area contributed by atoms with Crippen molar-refractivity contribution in [3.63, 3.8) is 0 Å². The molecule has 0 fully saturated rings. The quantitative estimate of drug-likeness (QED) is 0.561. The largest absolute Gasteiger partial charge is 0.309 e. The number of nitrogens with zero attached hydrogens (tertiary/aromatic N) is 2. The summed E-state index contributed by atoms with van der Waals surface area (Å²) in [6.07, 6.45) is 1.41. The number of ketones is 1. The van der Waals surface area contributed by atoms with Gasteiger partial charge < -0.3 is 9.80 Å². The van der Waals surface area contributed by atoms with Crippen LogP contribution in [0, 0.1) is 5.92 Å². The first-order valence-corrected chi connectivity index (χ1v) is 4.43. The van der Waals surface area contributed by atoms with E-state index in [0.29, 0.717) is 0 Å². The van der Waals surface area contributed by atoms with Gasteiger partial charge in [0.15, 0.2) is 5.78 Å². The number of hydrogen-bond donors (Lipinski definition) is 0. The van der Waals surface area contributed by atoms with Crippen LogP contribution in [0.3, 0.4) is 0 Å². The molecule has 0 aromatic carbocycles. The maximum Gasteiger partial charge on any atom is 0.160 e. The molecule has 13 heavy (non-hydrogen) atoms. The van der Waals surface area contributed by atoms with Gasteiger partial charge in [0, 0.05) is 19.0 Å². The predicted molar refractivity (Wildman–Crippen MR) is 55.8 cm³/mol. The molecule has 0 N–H and O–H groups in total. The average Bonchev–Trinajstić information content (AvgIpc) is 2.00. The first kappa shape index (κ1) is 12.3. The first-order chi connectivity index (χ1) is 5.97. The van der Waals surface area contributed by atoms with E-state index in [0.717, 1.165) is 13.1 Å². The first-order valence-electron chi connectivity index (χ1n) is 4.43. The van der Waals surface area contributed by atoms with Crippen LogP contribution in [-0.4, -0.2) is 56.9 Å². The Balaban J connectivity index is 4.18. The third kappa shape index (κ3) is 5.55. The Hall–Kier alpha value is -0.670. The summed E-state index contributed by atoms with van der Waals surface area (Å²) in [6.45, 7) is 5.07. The molecule has 0 unspecified atom stereocenters. The van der Waals surface area contributed by atoms with Crippen LogP contribution in [0.25, 0.3) is 0 Å². The van der Waals surface area contributed by atoms with Crippen LogP contribution < -0.4 is 0 Å². The van der Waals surface area contributed by atoms with Gasteiger partial charge in [0.05, 0.1) is 0 Å². The molecule has 0 rings (SSSR count). The van der Waals surface area contributed by atoms with Crippen LogP contribution in [0.1, 0.15) is 0 Å². The molecule has 0 bridgehead atoms. The molecule has 3 nitrogen and oxygen atoms in total. The smallest absolute Gasteiger partial charge is 0.160 e. The van der Waals surface area contributed by atoms with Gasteiger partial charge in [-0.2, -0.15) is 0 Å². The van der Waals surface area contributed by atoms with E-state index in [-0.39, 0.29) is 11.7 Å². The van der Waals surface area contributed by atoms with Gasteiger partial charge >= 0.3 is 0 Å². The van der Waals surface area contributed by atoms with Crippen molar-refractivity contribution in [3.05, 3.63) is 12.7 Å². The Morgan fingerprint density at radius 1 is 1.23 bits per heavy atom. The van der Waals surface area contributed by atoms with Crippen LogP contribution in [0.15, 0.2) is 12.7 Å². The third-order valence-electron chi connectivity index (χ3n) is 1.77. The molecular weight excluding hydrogens is 164 g/mol.